The van der Waals surface area contributed by atoms with Crippen LogP contribution in [0.15, 0.2) is 17.0 Å². The minimum Gasteiger partial charge on any atom is -0.477 e. The van der Waals surface area contributed by atoms with Crippen molar-refractivity contribution in [2.45, 2.75) is 6.92 Å². The third-order valence-electron chi connectivity index (χ3n) is 1.87. The van der Waals surface area contributed by atoms with Gasteiger partial charge in [0.25, 0.3) is 0 Å². The van der Waals surface area contributed by atoms with Crippen LogP contribution in [0.3, 0.4) is 0 Å². The predicted molar refractivity (Wildman–Crippen MR) is 52.4 cm³/mol. The van der Waals surface area contributed by atoms with Crippen LogP contribution in [0.1, 0.15) is 16.2 Å². The predicted octanol–water partition coefficient (Wildman–Crippen LogP) is 1.50. The molecule has 0 aliphatic carbocycles. The molecule has 2 aromatic rings. The van der Waals surface area contributed by atoms with Gasteiger partial charge in [0.2, 0.25) is 0 Å². The average molecular weight is 256 g/mol. The topological polar surface area (TPSA) is 67.5 Å². The highest BCUT2D eigenvalue weighted by Crippen LogP contribution is 2.16. The van der Waals surface area contributed by atoms with Crippen molar-refractivity contribution in [1.29, 1.82) is 0 Å². The molecule has 0 aliphatic heterocycles. The van der Waals surface area contributed by atoms with Crippen LogP contribution in [0, 0.1) is 6.92 Å². The number of carboxylic acid groups (broad SMARTS) is 1. The average Bonchev–Trinajstić information content (AvgIpc) is 2.42. The molecule has 5 nitrogen and oxygen atoms in total. The monoisotopic (exact) mass is 255 g/mol. The number of carboxylic acids is 1. The number of rotatable bonds is 1. The zero-order chi connectivity index (χ0) is 10.3. The van der Waals surface area contributed by atoms with Crippen molar-refractivity contribution in [2.24, 2.45) is 0 Å². The van der Waals surface area contributed by atoms with Gasteiger partial charge in [0.1, 0.15) is 5.65 Å². The lowest BCUT2D eigenvalue weighted by atomic mass is 10.3. The van der Waals surface area contributed by atoms with Crippen LogP contribution in [0.25, 0.3) is 5.65 Å². The van der Waals surface area contributed by atoms with Crippen molar-refractivity contribution in [3.63, 3.8) is 0 Å². The van der Waals surface area contributed by atoms with Crippen molar-refractivity contribution in [1.82, 2.24) is 14.4 Å². The van der Waals surface area contributed by atoms with Gasteiger partial charge in [-0.3, -0.25) is 4.40 Å². The van der Waals surface area contributed by atoms with E-state index in [0.717, 1.165) is 0 Å². The van der Waals surface area contributed by atoms with Crippen molar-refractivity contribution in [2.75, 3.05) is 0 Å². The molecular formula is C8H6BrN3O2. The Bertz CT molecular complexity index is 521. The summed E-state index contributed by atoms with van der Waals surface area (Å²) in [4.78, 5) is 19.0. The van der Waals surface area contributed by atoms with E-state index in [2.05, 4.69) is 25.9 Å². The molecule has 0 amide bonds. The number of hydrogen-bond acceptors (Lipinski definition) is 3. The molecule has 2 rings (SSSR count). The van der Waals surface area contributed by atoms with Gasteiger partial charge in [-0.15, -0.1) is 0 Å². The lowest BCUT2D eigenvalue weighted by Crippen LogP contribution is -2.05. The standard InChI is InChI=1S/C8H6BrN3O2/c1-4-6(7(13)14)12-5(11-4)2-3-10-8(12)9/h2-3H,1H3,(H,13,14). The first kappa shape index (κ1) is 9.14. The van der Waals surface area contributed by atoms with E-state index in [1.165, 1.54) is 4.40 Å². The van der Waals surface area contributed by atoms with Crippen LogP contribution in [0.4, 0.5) is 0 Å². The van der Waals surface area contributed by atoms with Gasteiger partial charge >= 0.3 is 5.97 Å². The van der Waals surface area contributed by atoms with Gasteiger partial charge in [-0.25, -0.2) is 14.8 Å². The van der Waals surface area contributed by atoms with E-state index in [0.29, 0.717) is 16.1 Å². The van der Waals surface area contributed by atoms with Crippen LogP contribution in [-0.4, -0.2) is 25.4 Å². The Hall–Kier alpha value is -1.43. The lowest BCUT2D eigenvalue weighted by molar-refractivity contribution is 0.0688. The van der Waals surface area contributed by atoms with E-state index in [1.54, 1.807) is 19.2 Å². The molecular weight excluding hydrogens is 250 g/mol. The molecule has 0 radical (unpaired) electrons. The number of hydrogen-bond donors (Lipinski definition) is 1. The molecule has 0 aliphatic rings. The summed E-state index contributed by atoms with van der Waals surface area (Å²) in [5.41, 5.74) is 1.19. The summed E-state index contributed by atoms with van der Waals surface area (Å²) in [6.45, 7) is 1.66. The van der Waals surface area contributed by atoms with Crippen molar-refractivity contribution < 1.29 is 9.90 Å². The summed E-state index contributed by atoms with van der Waals surface area (Å²) in [6, 6.07) is 1.66. The Labute approximate surface area is 87.5 Å². The molecule has 2 aromatic heterocycles. The van der Waals surface area contributed by atoms with E-state index < -0.39 is 5.97 Å². The fourth-order valence-electron chi connectivity index (χ4n) is 1.32. The molecule has 0 saturated heterocycles. The SMILES string of the molecule is Cc1nc2ccnc(Br)n2c1C(=O)O. The van der Waals surface area contributed by atoms with E-state index >= 15 is 0 Å². The van der Waals surface area contributed by atoms with Crippen molar-refractivity contribution in [3.05, 3.63) is 28.4 Å². The molecule has 6 heteroatoms. The zero-order valence-electron chi connectivity index (χ0n) is 7.23. The maximum absolute atomic E-state index is 10.9. The maximum atomic E-state index is 10.9. The number of nitrogens with zero attached hydrogens (tertiary/aromatic N) is 3. The number of fused-ring (bicyclic) bond motifs is 1. The molecule has 72 valence electrons. The van der Waals surface area contributed by atoms with Crippen molar-refractivity contribution >= 4 is 27.5 Å². The summed E-state index contributed by atoms with van der Waals surface area (Å²) in [5.74, 6) is -1.01. The van der Waals surface area contributed by atoms with E-state index in [-0.39, 0.29) is 5.69 Å². The molecule has 0 spiro atoms. The van der Waals surface area contributed by atoms with Crippen LogP contribution >= 0.6 is 15.9 Å². The smallest absolute Gasteiger partial charge is 0.354 e. The third-order valence-corrected chi connectivity index (χ3v) is 2.43. The molecule has 1 N–H and O–H groups in total. The number of aromatic nitrogens is 3. The largest absolute Gasteiger partial charge is 0.477 e. The van der Waals surface area contributed by atoms with Crippen molar-refractivity contribution in [3.8, 4) is 0 Å². The van der Waals surface area contributed by atoms with E-state index in [1.807, 2.05) is 0 Å². The van der Waals surface area contributed by atoms with E-state index in [4.69, 9.17) is 5.11 Å². The highest BCUT2D eigenvalue weighted by Gasteiger charge is 2.17. The summed E-state index contributed by atoms with van der Waals surface area (Å²) in [5, 5.41) is 8.97. The van der Waals surface area contributed by atoms with Crippen LogP contribution in [-0.2, 0) is 0 Å². The molecule has 0 unspecified atom stereocenters. The second kappa shape index (κ2) is 3.06. The Morgan fingerprint density at radius 2 is 2.36 bits per heavy atom. The van der Waals surface area contributed by atoms with Gasteiger partial charge in [-0.1, -0.05) is 0 Å². The normalized spacial score (nSPS) is 10.7. The second-order valence-electron chi connectivity index (χ2n) is 2.76. The number of imidazole rings is 1. The first-order valence-electron chi connectivity index (χ1n) is 3.84. The molecule has 0 aromatic carbocycles. The fourth-order valence-corrected chi connectivity index (χ4v) is 1.80. The number of aryl methyl sites for hydroxylation is 1. The van der Waals surface area contributed by atoms with Gasteiger partial charge in [-0.05, 0) is 28.9 Å². The minimum atomic E-state index is -1.01. The molecule has 2 heterocycles. The van der Waals surface area contributed by atoms with Gasteiger partial charge in [0.05, 0.1) is 5.69 Å². The minimum absolute atomic E-state index is 0.139. The first-order chi connectivity index (χ1) is 6.61. The third kappa shape index (κ3) is 1.19. The van der Waals surface area contributed by atoms with Gasteiger partial charge < -0.3 is 5.11 Å². The maximum Gasteiger partial charge on any atom is 0.354 e. The van der Waals surface area contributed by atoms with Crippen LogP contribution in [0.5, 0.6) is 0 Å². The number of aromatic carboxylic acids is 1. The Morgan fingerprint density at radius 1 is 1.64 bits per heavy atom. The lowest BCUT2D eigenvalue weighted by Gasteiger charge is -1.98. The summed E-state index contributed by atoms with van der Waals surface area (Å²) in [6.07, 6.45) is 1.57. The van der Waals surface area contributed by atoms with Crippen LogP contribution in [0.2, 0.25) is 0 Å². The number of carbonyl (C=O) groups is 1. The first-order valence-corrected chi connectivity index (χ1v) is 4.63. The van der Waals surface area contributed by atoms with Crippen LogP contribution < -0.4 is 0 Å². The highest BCUT2D eigenvalue weighted by atomic mass is 79.9. The summed E-state index contributed by atoms with van der Waals surface area (Å²) in [7, 11) is 0. The quantitative estimate of drug-likeness (QED) is 0.785. The fraction of sp³-hybridized carbons (Fsp3) is 0.125. The van der Waals surface area contributed by atoms with E-state index in [9.17, 15) is 4.79 Å². The molecule has 14 heavy (non-hydrogen) atoms. The molecule has 0 atom stereocenters. The molecule has 0 fully saturated rings. The van der Waals surface area contributed by atoms with Gasteiger partial charge in [0, 0.05) is 6.20 Å². The second-order valence-corrected chi connectivity index (χ2v) is 3.47. The highest BCUT2D eigenvalue weighted by molar-refractivity contribution is 9.10. The Kier molecular flexibility index (Phi) is 1.99. The Balaban J connectivity index is 2.93. The molecule has 0 bridgehead atoms. The van der Waals surface area contributed by atoms with Gasteiger partial charge in [0.15, 0.2) is 10.4 Å². The van der Waals surface area contributed by atoms with Gasteiger partial charge in [-0.2, -0.15) is 0 Å². The molecule has 0 saturated carbocycles. The number of halogens is 1. The summed E-state index contributed by atoms with van der Waals surface area (Å²) < 4.78 is 1.89. The Morgan fingerprint density at radius 3 is 3.00 bits per heavy atom. The zero-order valence-corrected chi connectivity index (χ0v) is 8.82. The summed E-state index contributed by atoms with van der Waals surface area (Å²) >= 11 is 3.18.